The Hall–Kier alpha value is 0. The maximum atomic E-state index is 2.45. The molecule has 0 aromatic carbocycles. The maximum absolute atomic E-state index is 2.45. The van der Waals surface area contributed by atoms with Crippen molar-refractivity contribution >= 4 is 0 Å². The van der Waals surface area contributed by atoms with Gasteiger partial charge in [-0.05, 0) is 23.7 Å². The average molecular weight is 168 g/mol. The third kappa shape index (κ3) is 2.50. The van der Waals surface area contributed by atoms with Gasteiger partial charge in [-0.3, -0.25) is 0 Å². The minimum Gasteiger partial charge on any atom is -0.0649 e. The first-order valence-electron chi connectivity index (χ1n) is 5.55. The van der Waals surface area contributed by atoms with Crippen molar-refractivity contribution < 1.29 is 0 Å². The van der Waals surface area contributed by atoms with Gasteiger partial charge in [-0.25, -0.2) is 0 Å². The molecule has 1 atom stereocenters. The third-order valence-electron chi connectivity index (χ3n) is 3.79. The van der Waals surface area contributed by atoms with Crippen LogP contribution in [-0.2, 0) is 0 Å². The van der Waals surface area contributed by atoms with Crippen LogP contribution in [0.4, 0.5) is 0 Å². The lowest BCUT2D eigenvalue weighted by Gasteiger charge is -2.36. The standard InChI is InChI=1S/C12H24/c1-5-12(3,4)9-10(2)11-7-6-8-11/h10-11H,5-9H2,1-4H3. The zero-order chi connectivity index (χ0) is 9.19. The predicted octanol–water partition coefficient (Wildman–Crippen LogP) is 4.25. The Labute approximate surface area is 77.7 Å². The van der Waals surface area contributed by atoms with Crippen LogP contribution in [0.25, 0.3) is 0 Å². The highest BCUT2D eigenvalue weighted by molar-refractivity contribution is 4.79. The van der Waals surface area contributed by atoms with Crippen LogP contribution in [0.2, 0.25) is 0 Å². The molecule has 0 heteroatoms. The summed E-state index contributed by atoms with van der Waals surface area (Å²) >= 11 is 0. The van der Waals surface area contributed by atoms with Crippen molar-refractivity contribution in [1.29, 1.82) is 0 Å². The Kier molecular flexibility index (Phi) is 3.20. The van der Waals surface area contributed by atoms with E-state index in [1.807, 2.05) is 0 Å². The molecule has 1 aliphatic rings. The summed E-state index contributed by atoms with van der Waals surface area (Å²) in [6.45, 7) is 9.57. The van der Waals surface area contributed by atoms with Crippen LogP contribution in [0.1, 0.15) is 59.8 Å². The van der Waals surface area contributed by atoms with Crippen LogP contribution in [0.15, 0.2) is 0 Å². The highest BCUT2D eigenvalue weighted by atomic mass is 14.3. The molecule has 72 valence electrons. The Bertz CT molecular complexity index is 131. The molecule has 0 N–H and O–H groups in total. The molecule has 0 aliphatic heterocycles. The van der Waals surface area contributed by atoms with E-state index >= 15 is 0 Å². The summed E-state index contributed by atoms with van der Waals surface area (Å²) in [6.07, 6.45) is 7.24. The van der Waals surface area contributed by atoms with Gasteiger partial charge in [0.15, 0.2) is 0 Å². The lowest BCUT2D eigenvalue weighted by molar-refractivity contribution is 0.154. The second kappa shape index (κ2) is 3.81. The van der Waals surface area contributed by atoms with Crippen LogP contribution >= 0.6 is 0 Å². The van der Waals surface area contributed by atoms with Gasteiger partial charge in [-0.15, -0.1) is 0 Å². The second-order valence-electron chi connectivity index (χ2n) is 5.39. The molecule has 0 spiro atoms. The molecule has 1 fully saturated rings. The zero-order valence-electron chi connectivity index (χ0n) is 9.19. The van der Waals surface area contributed by atoms with Crippen molar-refractivity contribution in [2.24, 2.45) is 17.3 Å². The van der Waals surface area contributed by atoms with E-state index in [4.69, 9.17) is 0 Å². The average Bonchev–Trinajstić information content (AvgIpc) is 1.82. The van der Waals surface area contributed by atoms with E-state index in [-0.39, 0.29) is 0 Å². The van der Waals surface area contributed by atoms with Crippen molar-refractivity contribution in [2.45, 2.75) is 59.8 Å². The van der Waals surface area contributed by atoms with Gasteiger partial charge in [0.2, 0.25) is 0 Å². The molecule has 12 heavy (non-hydrogen) atoms. The van der Waals surface area contributed by atoms with Crippen molar-refractivity contribution in [3.05, 3.63) is 0 Å². The lowest BCUT2D eigenvalue weighted by atomic mass is 9.70. The van der Waals surface area contributed by atoms with Crippen LogP contribution in [0, 0.1) is 17.3 Å². The topological polar surface area (TPSA) is 0 Å². The fourth-order valence-electron chi connectivity index (χ4n) is 2.19. The molecule has 0 saturated heterocycles. The minimum atomic E-state index is 0.578. The summed E-state index contributed by atoms with van der Waals surface area (Å²) in [5, 5.41) is 0. The molecule has 0 radical (unpaired) electrons. The lowest BCUT2D eigenvalue weighted by Crippen LogP contribution is -2.24. The summed E-state index contributed by atoms with van der Waals surface area (Å²) in [5.41, 5.74) is 0.578. The molecule has 1 rings (SSSR count). The normalized spacial score (nSPS) is 22.0. The third-order valence-corrected chi connectivity index (χ3v) is 3.79. The SMILES string of the molecule is CCC(C)(C)CC(C)C1CCC1. The van der Waals surface area contributed by atoms with Crippen LogP contribution < -0.4 is 0 Å². The Morgan fingerprint density at radius 2 is 1.92 bits per heavy atom. The quantitative estimate of drug-likeness (QED) is 0.588. The maximum Gasteiger partial charge on any atom is -0.0354 e. The summed E-state index contributed by atoms with van der Waals surface area (Å²) in [5.74, 6) is 2.03. The molecule has 1 saturated carbocycles. The monoisotopic (exact) mass is 168 g/mol. The first-order valence-corrected chi connectivity index (χ1v) is 5.55. The smallest absolute Gasteiger partial charge is 0.0354 e. The highest BCUT2D eigenvalue weighted by Gasteiger charge is 2.28. The molecule has 0 nitrogen and oxygen atoms in total. The van der Waals surface area contributed by atoms with E-state index in [9.17, 15) is 0 Å². The van der Waals surface area contributed by atoms with Gasteiger partial charge in [-0.1, -0.05) is 53.4 Å². The number of rotatable bonds is 4. The summed E-state index contributed by atoms with van der Waals surface area (Å²) in [6, 6.07) is 0. The van der Waals surface area contributed by atoms with E-state index in [0.29, 0.717) is 5.41 Å². The van der Waals surface area contributed by atoms with Crippen molar-refractivity contribution in [3.8, 4) is 0 Å². The fourth-order valence-corrected chi connectivity index (χ4v) is 2.19. The molecular weight excluding hydrogens is 144 g/mol. The van der Waals surface area contributed by atoms with E-state index in [2.05, 4.69) is 27.7 Å². The molecule has 0 aromatic rings. The number of hydrogen-bond donors (Lipinski definition) is 0. The summed E-state index contributed by atoms with van der Waals surface area (Å²) < 4.78 is 0. The van der Waals surface area contributed by atoms with Gasteiger partial charge < -0.3 is 0 Å². The molecule has 0 bridgehead atoms. The summed E-state index contributed by atoms with van der Waals surface area (Å²) in [4.78, 5) is 0. The fraction of sp³-hybridized carbons (Fsp3) is 1.00. The van der Waals surface area contributed by atoms with Crippen LogP contribution in [-0.4, -0.2) is 0 Å². The second-order valence-corrected chi connectivity index (χ2v) is 5.39. The first kappa shape index (κ1) is 10.1. The Morgan fingerprint density at radius 3 is 2.25 bits per heavy atom. The van der Waals surface area contributed by atoms with E-state index in [1.54, 1.807) is 0 Å². The Morgan fingerprint density at radius 1 is 1.33 bits per heavy atom. The molecule has 0 heterocycles. The van der Waals surface area contributed by atoms with Crippen molar-refractivity contribution in [1.82, 2.24) is 0 Å². The van der Waals surface area contributed by atoms with Crippen LogP contribution in [0.3, 0.4) is 0 Å². The summed E-state index contributed by atoms with van der Waals surface area (Å²) in [7, 11) is 0. The van der Waals surface area contributed by atoms with Gasteiger partial charge in [0.1, 0.15) is 0 Å². The van der Waals surface area contributed by atoms with Gasteiger partial charge in [-0.2, -0.15) is 0 Å². The molecular formula is C12H24. The van der Waals surface area contributed by atoms with Gasteiger partial charge in [0.05, 0.1) is 0 Å². The molecule has 0 amide bonds. The van der Waals surface area contributed by atoms with Crippen molar-refractivity contribution in [2.75, 3.05) is 0 Å². The molecule has 1 aliphatic carbocycles. The van der Waals surface area contributed by atoms with Crippen LogP contribution in [0.5, 0.6) is 0 Å². The van der Waals surface area contributed by atoms with E-state index in [1.165, 1.54) is 32.1 Å². The highest BCUT2D eigenvalue weighted by Crippen LogP contribution is 2.40. The van der Waals surface area contributed by atoms with E-state index in [0.717, 1.165) is 11.8 Å². The van der Waals surface area contributed by atoms with Crippen molar-refractivity contribution in [3.63, 3.8) is 0 Å². The molecule has 0 aromatic heterocycles. The number of hydrogen-bond acceptors (Lipinski definition) is 0. The predicted molar refractivity (Wildman–Crippen MR) is 55.2 cm³/mol. The van der Waals surface area contributed by atoms with Gasteiger partial charge in [0, 0.05) is 0 Å². The van der Waals surface area contributed by atoms with E-state index < -0.39 is 0 Å². The minimum absolute atomic E-state index is 0.578. The van der Waals surface area contributed by atoms with Gasteiger partial charge in [0.25, 0.3) is 0 Å². The largest absolute Gasteiger partial charge is 0.0649 e. The Balaban J connectivity index is 2.28. The molecule has 1 unspecified atom stereocenters. The zero-order valence-corrected chi connectivity index (χ0v) is 9.19. The first-order chi connectivity index (χ1) is 5.55. The van der Waals surface area contributed by atoms with Gasteiger partial charge >= 0.3 is 0 Å².